The van der Waals surface area contributed by atoms with Gasteiger partial charge in [0.2, 0.25) is 0 Å². The summed E-state index contributed by atoms with van der Waals surface area (Å²) in [6.07, 6.45) is 0.408. The van der Waals surface area contributed by atoms with Gasteiger partial charge in [-0.15, -0.1) is 0 Å². The number of aliphatic hydroxyl groups is 1. The van der Waals surface area contributed by atoms with Crippen LogP contribution in [-0.2, 0) is 6.42 Å². The number of nitrogens with zero attached hydrogens (tertiary/aromatic N) is 1. The van der Waals surface area contributed by atoms with E-state index in [1.165, 1.54) is 11.3 Å². The van der Waals surface area contributed by atoms with Gasteiger partial charge in [-0.3, -0.25) is 0 Å². The van der Waals surface area contributed by atoms with E-state index in [4.69, 9.17) is 0 Å². The van der Waals surface area contributed by atoms with Crippen molar-refractivity contribution in [3.05, 3.63) is 36.4 Å². The van der Waals surface area contributed by atoms with Crippen molar-refractivity contribution in [2.24, 2.45) is 0 Å². The molecule has 0 fully saturated rings. The lowest BCUT2D eigenvalue weighted by atomic mass is 10.0. The molecule has 1 aromatic carbocycles. The van der Waals surface area contributed by atoms with Crippen LogP contribution in [0.2, 0.25) is 0 Å². The van der Waals surface area contributed by atoms with Gasteiger partial charge < -0.3 is 10.0 Å². The van der Waals surface area contributed by atoms with Crippen LogP contribution >= 0.6 is 0 Å². The van der Waals surface area contributed by atoms with Crippen LogP contribution < -0.4 is 4.90 Å². The number of benzene rings is 1. The molecule has 0 spiro atoms. The van der Waals surface area contributed by atoms with Crippen molar-refractivity contribution in [3.63, 3.8) is 0 Å². The SMILES string of the molecule is CN1[CH]C(O)Cc2ccccc21. The Labute approximate surface area is 72.4 Å². The van der Waals surface area contributed by atoms with E-state index < -0.39 is 0 Å². The summed E-state index contributed by atoms with van der Waals surface area (Å²) in [6, 6.07) is 8.14. The Morgan fingerprint density at radius 1 is 1.42 bits per heavy atom. The normalized spacial score (nSPS) is 22.2. The van der Waals surface area contributed by atoms with E-state index in [1.807, 2.05) is 30.6 Å². The number of hydrogen-bond donors (Lipinski definition) is 1. The van der Waals surface area contributed by atoms with Crippen molar-refractivity contribution in [1.29, 1.82) is 0 Å². The fourth-order valence-corrected chi connectivity index (χ4v) is 1.64. The first kappa shape index (κ1) is 7.62. The molecule has 0 bridgehead atoms. The predicted molar refractivity (Wildman–Crippen MR) is 48.9 cm³/mol. The van der Waals surface area contributed by atoms with Crippen LogP contribution in [0.3, 0.4) is 0 Å². The molecule has 1 aromatic rings. The van der Waals surface area contributed by atoms with E-state index in [-0.39, 0.29) is 6.10 Å². The molecule has 0 amide bonds. The van der Waals surface area contributed by atoms with Crippen LogP contribution in [0, 0.1) is 6.54 Å². The first-order chi connectivity index (χ1) is 5.77. The van der Waals surface area contributed by atoms with E-state index in [0.29, 0.717) is 0 Å². The van der Waals surface area contributed by atoms with Crippen molar-refractivity contribution >= 4 is 5.69 Å². The Kier molecular flexibility index (Phi) is 1.77. The highest BCUT2D eigenvalue weighted by Crippen LogP contribution is 2.26. The van der Waals surface area contributed by atoms with E-state index in [9.17, 15) is 5.11 Å². The second-order valence-electron chi connectivity index (χ2n) is 3.16. The van der Waals surface area contributed by atoms with Gasteiger partial charge in [-0.25, -0.2) is 0 Å². The summed E-state index contributed by atoms with van der Waals surface area (Å²) in [5.41, 5.74) is 2.41. The summed E-state index contributed by atoms with van der Waals surface area (Å²) in [5.74, 6) is 0. The Morgan fingerprint density at radius 2 is 2.17 bits per heavy atom. The third-order valence-corrected chi connectivity index (χ3v) is 2.20. The molecule has 1 unspecified atom stereocenters. The maximum Gasteiger partial charge on any atom is 0.0805 e. The zero-order valence-corrected chi connectivity index (χ0v) is 7.07. The molecule has 1 aliphatic rings. The molecule has 2 heteroatoms. The number of fused-ring (bicyclic) bond motifs is 1. The number of likely N-dealkylation sites (N-methyl/N-ethyl adjacent to an activating group) is 1. The van der Waals surface area contributed by atoms with Crippen molar-refractivity contribution < 1.29 is 5.11 Å². The first-order valence-electron chi connectivity index (χ1n) is 4.11. The third-order valence-electron chi connectivity index (χ3n) is 2.20. The predicted octanol–water partition coefficient (Wildman–Crippen LogP) is 1.20. The summed E-state index contributed by atoms with van der Waals surface area (Å²) < 4.78 is 0. The lowest BCUT2D eigenvalue weighted by Gasteiger charge is -2.29. The minimum Gasteiger partial charge on any atom is -0.391 e. The van der Waals surface area contributed by atoms with Gasteiger partial charge in [0.1, 0.15) is 0 Å². The van der Waals surface area contributed by atoms with Crippen LogP contribution in [-0.4, -0.2) is 18.3 Å². The molecule has 0 aliphatic carbocycles. The molecule has 1 heterocycles. The molecular formula is C10H12NO. The quantitative estimate of drug-likeness (QED) is 0.619. The summed E-state index contributed by atoms with van der Waals surface area (Å²) in [6.45, 7) is 1.84. The molecule has 1 radical (unpaired) electrons. The standard InChI is InChI=1S/C10H12NO/c1-11-7-9(12)6-8-4-2-3-5-10(8)11/h2-5,7,9,12H,6H2,1H3. The van der Waals surface area contributed by atoms with Crippen LogP contribution in [0.4, 0.5) is 5.69 Å². The van der Waals surface area contributed by atoms with Gasteiger partial charge in [0, 0.05) is 19.2 Å². The minimum atomic E-state index is -0.329. The van der Waals surface area contributed by atoms with Crippen LogP contribution in [0.5, 0.6) is 0 Å². The monoisotopic (exact) mass is 162 g/mol. The lowest BCUT2D eigenvalue weighted by Crippen LogP contribution is -2.30. The van der Waals surface area contributed by atoms with Gasteiger partial charge in [0.25, 0.3) is 0 Å². The number of anilines is 1. The first-order valence-corrected chi connectivity index (χ1v) is 4.11. The molecule has 1 N–H and O–H groups in total. The molecule has 2 rings (SSSR count). The van der Waals surface area contributed by atoms with Gasteiger partial charge in [0.15, 0.2) is 0 Å². The van der Waals surface area contributed by atoms with Crippen molar-refractivity contribution in [1.82, 2.24) is 0 Å². The Bertz CT molecular complexity index is 285. The number of rotatable bonds is 0. The molecule has 0 saturated carbocycles. The number of hydrogen-bond acceptors (Lipinski definition) is 2. The molecule has 63 valence electrons. The summed E-state index contributed by atoms with van der Waals surface area (Å²) in [7, 11) is 1.96. The largest absolute Gasteiger partial charge is 0.391 e. The van der Waals surface area contributed by atoms with Crippen molar-refractivity contribution in [2.45, 2.75) is 12.5 Å². The van der Waals surface area contributed by atoms with Gasteiger partial charge in [-0.2, -0.15) is 0 Å². The topological polar surface area (TPSA) is 23.5 Å². The minimum absolute atomic E-state index is 0.329. The molecule has 0 saturated heterocycles. The van der Waals surface area contributed by atoms with E-state index in [1.54, 1.807) is 0 Å². The zero-order valence-electron chi connectivity index (χ0n) is 7.07. The average molecular weight is 162 g/mol. The van der Waals surface area contributed by atoms with Crippen LogP contribution in [0.25, 0.3) is 0 Å². The highest BCUT2D eigenvalue weighted by Gasteiger charge is 2.19. The Balaban J connectivity index is 2.40. The van der Waals surface area contributed by atoms with Crippen LogP contribution in [0.15, 0.2) is 24.3 Å². The van der Waals surface area contributed by atoms with E-state index in [0.717, 1.165) is 6.42 Å². The van der Waals surface area contributed by atoms with Gasteiger partial charge in [-0.05, 0) is 11.6 Å². The molecule has 1 aliphatic heterocycles. The smallest absolute Gasteiger partial charge is 0.0805 e. The second-order valence-corrected chi connectivity index (χ2v) is 3.16. The molecule has 1 atom stereocenters. The number of aliphatic hydroxyl groups excluding tert-OH is 1. The molecule has 12 heavy (non-hydrogen) atoms. The highest BCUT2D eigenvalue weighted by molar-refractivity contribution is 5.57. The number of para-hydroxylation sites is 1. The lowest BCUT2D eigenvalue weighted by molar-refractivity contribution is 0.201. The maximum absolute atomic E-state index is 9.43. The molecular weight excluding hydrogens is 150 g/mol. The van der Waals surface area contributed by atoms with Gasteiger partial charge in [-0.1, -0.05) is 18.2 Å². The van der Waals surface area contributed by atoms with Gasteiger partial charge in [0.05, 0.1) is 12.6 Å². The molecule has 2 nitrogen and oxygen atoms in total. The van der Waals surface area contributed by atoms with Crippen LogP contribution in [0.1, 0.15) is 5.56 Å². The van der Waals surface area contributed by atoms with E-state index >= 15 is 0 Å². The second kappa shape index (κ2) is 2.79. The third kappa shape index (κ3) is 1.18. The summed E-state index contributed by atoms with van der Waals surface area (Å²) in [4.78, 5) is 1.98. The maximum atomic E-state index is 9.43. The average Bonchev–Trinajstić information content (AvgIpc) is 2.04. The van der Waals surface area contributed by atoms with Gasteiger partial charge >= 0.3 is 0 Å². The molecule has 0 aromatic heterocycles. The summed E-state index contributed by atoms with van der Waals surface area (Å²) >= 11 is 0. The zero-order chi connectivity index (χ0) is 8.55. The Morgan fingerprint density at radius 3 is 3.00 bits per heavy atom. The highest BCUT2D eigenvalue weighted by atomic mass is 16.3. The fraction of sp³-hybridized carbons (Fsp3) is 0.300. The fourth-order valence-electron chi connectivity index (χ4n) is 1.64. The van der Waals surface area contributed by atoms with Crippen molar-refractivity contribution in [2.75, 3.05) is 11.9 Å². The van der Waals surface area contributed by atoms with Crippen molar-refractivity contribution in [3.8, 4) is 0 Å². The van der Waals surface area contributed by atoms with E-state index in [2.05, 4.69) is 12.1 Å². The Hall–Kier alpha value is -1.02. The summed E-state index contributed by atoms with van der Waals surface area (Å²) in [5, 5.41) is 9.43.